The van der Waals surface area contributed by atoms with Crippen LogP contribution in [0.15, 0.2) is 24.3 Å². The number of amides is 2. The maximum Gasteiger partial charge on any atom is 0.244 e. The summed E-state index contributed by atoms with van der Waals surface area (Å²) in [7, 11) is 1.65. The quantitative estimate of drug-likeness (QED) is 0.849. The minimum absolute atomic E-state index is 0.0422. The van der Waals surface area contributed by atoms with Crippen LogP contribution in [0.3, 0.4) is 0 Å². The summed E-state index contributed by atoms with van der Waals surface area (Å²) in [5.41, 5.74) is -0.262. The number of likely N-dealkylation sites (tertiary alicyclic amines) is 1. The van der Waals surface area contributed by atoms with Gasteiger partial charge >= 0.3 is 0 Å². The fraction of sp³-hybridized carbons (Fsp3) is 0.286. The molecule has 1 aliphatic heterocycles. The number of halogens is 2. The van der Waals surface area contributed by atoms with E-state index in [4.69, 9.17) is 0 Å². The molecule has 2 rings (SSSR count). The summed E-state index contributed by atoms with van der Waals surface area (Å²) in [5.74, 6) is -1.99. The highest BCUT2D eigenvalue weighted by atomic mass is 19.1. The van der Waals surface area contributed by atoms with Gasteiger partial charge in [0, 0.05) is 31.7 Å². The van der Waals surface area contributed by atoms with Crippen LogP contribution in [0.2, 0.25) is 0 Å². The zero-order valence-electron chi connectivity index (χ0n) is 10.9. The van der Waals surface area contributed by atoms with Gasteiger partial charge in [-0.05, 0) is 18.2 Å². The van der Waals surface area contributed by atoms with E-state index in [0.29, 0.717) is 6.54 Å². The molecule has 1 fully saturated rings. The van der Waals surface area contributed by atoms with Crippen LogP contribution in [-0.4, -0.2) is 36.3 Å². The molecule has 1 N–H and O–H groups in total. The summed E-state index contributed by atoms with van der Waals surface area (Å²) in [6.45, 7) is 0.437. The second-order valence-corrected chi connectivity index (χ2v) is 4.65. The van der Waals surface area contributed by atoms with Crippen LogP contribution in [0.1, 0.15) is 12.0 Å². The number of benzene rings is 1. The zero-order chi connectivity index (χ0) is 14.7. The number of carbonyl (C=O) groups excluding carboxylic acids is 2. The molecule has 1 atom stereocenters. The minimum atomic E-state index is -0.732. The van der Waals surface area contributed by atoms with Gasteiger partial charge in [0.1, 0.15) is 11.6 Å². The van der Waals surface area contributed by atoms with Gasteiger partial charge in [-0.3, -0.25) is 9.59 Å². The lowest BCUT2D eigenvalue weighted by Gasteiger charge is -2.10. The summed E-state index contributed by atoms with van der Waals surface area (Å²) < 4.78 is 26.7. The summed E-state index contributed by atoms with van der Waals surface area (Å²) in [6.07, 6.45) is 2.38. The monoisotopic (exact) mass is 280 g/mol. The van der Waals surface area contributed by atoms with Crippen molar-refractivity contribution in [3.63, 3.8) is 0 Å². The molecular weight excluding hydrogens is 266 g/mol. The van der Waals surface area contributed by atoms with Crippen molar-refractivity contribution in [3.05, 3.63) is 41.5 Å². The molecule has 0 radical (unpaired) electrons. The van der Waals surface area contributed by atoms with Crippen molar-refractivity contribution < 1.29 is 18.4 Å². The van der Waals surface area contributed by atoms with Crippen molar-refractivity contribution >= 4 is 17.9 Å². The molecule has 1 aliphatic rings. The third-order valence-electron chi connectivity index (χ3n) is 3.09. The number of hydrogen-bond donors (Lipinski definition) is 1. The first-order valence-electron chi connectivity index (χ1n) is 6.14. The number of nitrogens with one attached hydrogen (secondary N) is 1. The first-order valence-corrected chi connectivity index (χ1v) is 6.14. The van der Waals surface area contributed by atoms with E-state index in [-0.39, 0.29) is 23.9 Å². The average Bonchev–Trinajstić information content (AvgIpc) is 2.67. The van der Waals surface area contributed by atoms with Crippen molar-refractivity contribution in [1.29, 1.82) is 0 Å². The lowest BCUT2D eigenvalue weighted by atomic mass is 10.2. The Bertz CT molecular complexity index is 552. The van der Waals surface area contributed by atoms with Crippen LogP contribution >= 0.6 is 0 Å². The van der Waals surface area contributed by atoms with Gasteiger partial charge in [0.05, 0.1) is 6.04 Å². The predicted octanol–water partition coefficient (Wildman–Crippen LogP) is 1.32. The van der Waals surface area contributed by atoms with Gasteiger partial charge in [0.2, 0.25) is 11.8 Å². The molecule has 1 aromatic rings. The van der Waals surface area contributed by atoms with E-state index in [1.165, 1.54) is 11.0 Å². The van der Waals surface area contributed by atoms with E-state index in [1.54, 1.807) is 7.05 Å². The Balaban J connectivity index is 1.98. The largest absolute Gasteiger partial charge is 0.348 e. The molecule has 0 bridgehead atoms. The van der Waals surface area contributed by atoms with Gasteiger partial charge in [0.25, 0.3) is 0 Å². The molecule has 20 heavy (non-hydrogen) atoms. The number of likely N-dealkylation sites (N-methyl/N-ethyl adjacent to an activating group) is 1. The third kappa shape index (κ3) is 3.20. The van der Waals surface area contributed by atoms with E-state index in [9.17, 15) is 18.4 Å². The molecule has 0 spiro atoms. The van der Waals surface area contributed by atoms with E-state index < -0.39 is 17.5 Å². The Hall–Kier alpha value is -2.24. The molecule has 6 heteroatoms. The Morgan fingerprint density at radius 3 is 2.60 bits per heavy atom. The van der Waals surface area contributed by atoms with Crippen molar-refractivity contribution in [2.75, 3.05) is 13.6 Å². The maximum atomic E-state index is 13.3. The van der Waals surface area contributed by atoms with E-state index in [0.717, 1.165) is 24.3 Å². The van der Waals surface area contributed by atoms with Crippen molar-refractivity contribution in [3.8, 4) is 0 Å². The van der Waals surface area contributed by atoms with Gasteiger partial charge in [-0.25, -0.2) is 8.78 Å². The number of nitrogens with zero attached hydrogens (tertiary/aromatic N) is 1. The Morgan fingerprint density at radius 2 is 2.05 bits per heavy atom. The highest BCUT2D eigenvalue weighted by molar-refractivity contribution is 5.92. The third-order valence-corrected chi connectivity index (χ3v) is 3.09. The molecule has 2 amide bonds. The highest BCUT2D eigenvalue weighted by Gasteiger charge is 2.27. The fourth-order valence-electron chi connectivity index (χ4n) is 2.04. The lowest BCUT2D eigenvalue weighted by molar-refractivity contribution is -0.126. The molecule has 1 aromatic carbocycles. The molecule has 106 valence electrons. The first-order chi connectivity index (χ1) is 9.47. The van der Waals surface area contributed by atoms with E-state index >= 15 is 0 Å². The normalized spacial score (nSPS) is 18.9. The lowest BCUT2D eigenvalue weighted by Crippen LogP contribution is -2.35. The second-order valence-electron chi connectivity index (χ2n) is 4.65. The number of rotatable bonds is 3. The smallest absolute Gasteiger partial charge is 0.244 e. The predicted molar refractivity (Wildman–Crippen MR) is 69.6 cm³/mol. The maximum absolute atomic E-state index is 13.3. The van der Waals surface area contributed by atoms with Crippen LogP contribution in [0, 0.1) is 11.6 Å². The minimum Gasteiger partial charge on any atom is -0.348 e. The Labute approximate surface area is 115 Å². The van der Waals surface area contributed by atoms with Crippen LogP contribution in [-0.2, 0) is 9.59 Å². The van der Waals surface area contributed by atoms with E-state index in [2.05, 4.69) is 5.32 Å². The summed E-state index contributed by atoms with van der Waals surface area (Å²) in [4.78, 5) is 24.4. The molecule has 1 heterocycles. The fourth-order valence-corrected chi connectivity index (χ4v) is 2.04. The molecular formula is C14H14F2N2O2. The molecule has 0 saturated carbocycles. The molecule has 0 aromatic heterocycles. The summed E-state index contributed by atoms with van der Waals surface area (Å²) >= 11 is 0. The number of hydrogen-bond acceptors (Lipinski definition) is 2. The van der Waals surface area contributed by atoms with Gasteiger partial charge in [-0.2, -0.15) is 0 Å². The standard InChI is InChI=1S/C14H14F2N2O2/c1-18-8-9(7-14(18)20)17-13(19)6-5-10-11(15)3-2-4-12(10)16/h2-6,9H,7-8H2,1H3,(H,17,19)/b6-5-/t9-/m1/s1. The molecule has 1 saturated heterocycles. The molecule has 0 unspecified atom stereocenters. The SMILES string of the molecule is CN1C[C@H](NC(=O)/C=C\c2c(F)cccc2F)CC1=O. The summed E-state index contributed by atoms with van der Waals surface area (Å²) in [6, 6.07) is 3.22. The number of carbonyl (C=O) groups is 2. The topological polar surface area (TPSA) is 49.4 Å². The Kier molecular flexibility index (Phi) is 4.12. The zero-order valence-corrected chi connectivity index (χ0v) is 10.9. The van der Waals surface area contributed by atoms with Gasteiger partial charge < -0.3 is 10.2 Å². The average molecular weight is 280 g/mol. The van der Waals surface area contributed by atoms with Crippen LogP contribution < -0.4 is 5.32 Å². The van der Waals surface area contributed by atoms with Crippen LogP contribution in [0.5, 0.6) is 0 Å². The van der Waals surface area contributed by atoms with Gasteiger partial charge in [-0.15, -0.1) is 0 Å². The van der Waals surface area contributed by atoms with E-state index in [1.807, 2.05) is 0 Å². The Morgan fingerprint density at radius 1 is 1.40 bits per heavy atom. The van der Waals surface area contributed by atoms with Crippen LogP contribution in [0.4, 0.5) is 8.78 Å². The van der Waals surface area contributed by atoms with Crippen molar-refractivity contribution in [2.45, 2.75) is 12.5 Å². The highest BCUT2D eigenvalue weighted by Crippen LogP contribution is 2.13. The van der Waals surface area contributed by atoms with Gasteiger partial charge in [0.15, 0.2) is 0 Å². The van der Waals surface area contributed by atoms with Gasteiger partial charge in [-0.1, -0.05) is 6.07 Å². The van der Waals surface area contributed by atoms with Crippen molar-refractivity contribution in [2.24, 2.45) is 0 Å². The van der Waals surface area contributed by atoms with Crippen molar-refractivity contribution in [1.82, 2.24) is 10.2 Å². The molecule has 0 aliphatic carbocycles. The first kappa shape index (κ1) is 14.2. The van der Waals surface area contributed by atoms with Crippen LogP contribution in [0.25, 0.3) is 6.08 Å². The molecule has 4 nitrogen and oxygen atoms in total. The second kappa shape index (κ2) is 5.81. The summed E-state index contributed by atoms with van der Waals surface area (Å²) in [5, 5.41) is 2.62.